The SMILES string of the molecule is CCCN1CCC(NCC(=O)N(C)C)CC1. The Kier molecular flexibility index (Phi) is 5.77. The molecule has 0 radical (unpaired) electrons. The van der Waals surface area contributed by atoms with Crippen molar-refractivity contribution in [2.45, 2.75) is 32.2 Å². The van der Waals surface area contributed by atoms with Gasteiger partial charge in [-0.05, 0) is 38.9 Å². The molecule has 1 aliphatic heterocycles. The number of amides is 1. The number of likely N-dealkylation sites (tertiary alicyclic amines) is 1. The van der Waals surface area contributed by atoms with E-state index in [1.807, 2.05) is 0 Å². The quantitative estimate of drug-likeness (QED) is 0.744. The van der Waals surface area contributed by atoms with Crippen molar-refractivity contribution in [2.75, 3.05) is 40.3 Å². The van der Waals surface area contributed by atoms with Crippen LogP contribution in [-0.4, -0.2) is 62.0 Å². The summed E-state index contributed by atoms with van der Waals surface area (Å²) in [4.78, 5) is 15.5. The standard InChI is InChI=1S/C12H25N3O/c1-4-7-15-8-5-11(6-9-15)13-10-12(16)14(2)3/h11,13H,4-10H2,1-3H3. The number of hydrogen-bond donors (Lipinski definition) is 1. The van der Waals surface area contributed by atoms with Gasteiger partial charge in [0.25, 0.3) is 0 Å². The summed E-state index contributed by atoms with van der Waals surface area (Å²) in [7, 11) is 3.60. The van der Waals surface area contributed by atoms with Crippen LogP contribution in [0.15, 0.2) is 0 Å². The highest BCUT2D eigenvalue weighted by Gasteiger charge is 2.18. The second-order valence-corrected chi connectivity index (χ2v) is 4.78. The Balaban J connectivity index is 2.15. The van der Waals surface area contributed by atoms with Gasteiger partial charge in [-0.15, -0.1) is 0 Å². The van der Waals surface area contributed by atoms with E-state index in [1.165, 1.54) is 38.9 Å². The van der Waals surface area contributed by atoms with Crippen molar-refractivity contribution in [2.24, 2.45) is 0 Å². The first-order valence-corrected chi connectivity index (χ1v) is 6.29. The zero-order valence-electron chi connectivity index (χ0n) is 10.8. The molecule has 1 saturated heterocycles. The number of nitrogens with one attached hydrogen (secondary N) is 1. The predicted molar refractivity (Wildman–Crippen MR) is 66.4 cm³/mol. The van der Waals surface area contributed by atoms with E-state index in [1.54, 1.807) is 19.0 Å². The minimum atomic E-state index is 0.163. The number of likely N-dealkylation sites (N-methyl/N-ethyl adjacent to an activating group) is 1. The summed E-state index contributed by atoms with van der Waals surface area (Å²) in [5.74, 6) is 0.163. The first-order valence-electron chi connectivity index (χ1n) is 6.29. The molecule has 0 atom stereocenters. The molecular formula is C12H25N3O. The van der Waals surface area contributed by atoms with E-state index >= 15 is 0 Å². The zero-order valence-corrected chi connectivity index (χ0v) is 10.8. The van der Waals surface area contributed by atoms with Crippen LogP contribution in [0.5, 0.6) is 0 Å². The largest absolute Gasteiger partial charge is 0.348 e. The molecule has 0 saturated carbocycles. The number of carbonyl (C=O) groups excluding carboxylic acids is 1. The summed E-state index contributed by atoms with van der Waals surface area (Å²) in [6, 6.07) is 0.525. The lowest BCUT2D eigenvalue weighted by atomic mass is 10.0. The molecule has 1 aliphatic rings. The lowest BCUT2D eigenvalue weighted by Crippen LogP contribution is -2.45. The highest BCUT2D eigenvalue weighted by Crippen LogP contribution is 2.10. The Hall–Kier alpha value is -0.610. The molecule has 1 N–H and O–H groups in total. The van der Waals surface area contributed by atoms with Gasteiger partial charge in [0.15, 0.2) is 0 Å². The molecule has 1 fully saturated rings. The van der Waals surface area contributed by atoms with Crippen LogP contribution in [0.3, 0.4) is 0 Å². The molecule has 94 valence electrons. The first-order chi connectivity index (χ1) is 7.63. The fourth-order valence-electron chi connectivity index (χ4n) is 2.07. The van der Waals surface area contributed by atoms with Crippen LogP contribution < -0.4 is 5.32 Å². The van der Waals surface area contributed by atoms with Gasteiger partial charge >= 0.3 is 0 Å². The third-order valence-electron chi connectivity index (χ3n) is 3.17. The third-order valence-corrected chi connectivity index (χ3v) is 3.17. The van der Waals surface area contributed by atoms with E-state index in [0.717, 1.165) is 0 Å². The first kappa shape index (κ1) is 13.5. The minimum Gasteiger partial charge on any atom is -0.348 e. The van der Waals surface area contributed by atoms with E-state index < -0.39 is 0 Å². The molecule has 0 aromatic rings. The van der Waals surface area contributed by atoms with Gasteiger partial charge in [0.05, 0.1) is 6.54 Å². The zero-order chi connectivity index (χ0) is 12.0. The topological polar surface area (TPSA) is 35.6 Å². The maximum Gasteiger partial charge on any atom is 0.236 e. The number of rotatable bonds is 5. The van der Waals surface area contributed by atoms with E-state index in [4.69, 9.17) is 0 Å². The highest BCUT2D eigenvalue weighted by molar-refractivity contribution is 5.77. The Morgan fingerprint density at radius 3 is 2.50 bits per heavy atom. The molecule has 4 nitrogen and oxygen atoms in total. The number of nitrogens with zero attached hydrogens (tertiary/aromatic N) is 2. The summed E-state index contributed by atoms with van der Waals surface area (Å²) < 4.78 is 0. The van der Waals surface area contributed by atoms with Crippen LogP contribution in [0.25, 0.3) is 0 Å². The van der Waals surface area contributed by atoms with Crippen molar-refractivity contribution in [1.29, 1.82) is 0 Å². The van der Waals surface area contributed by atoms with E-state index in [9.17, 15) is 4.79 Å². The Bertz CT molecular complexity index is 210. The van der Waals surface area contributed by atoms with Crippen molar-refractivity contribution >= 4 is 5.91 Å². The summed E-state index contributed by atoms with van der Waals surface area (Å²) in [6.07, 6.45) is 3.57. The van der Waals surface area contributed by atoms with Gasteiger partial charge < -0.3 is 15.1 Å². The Morgan fingerprint density at radius 2 is 2.00 bits per heavy atom. The summed E-state index contributed by atoms with van der Waals surface area (Å²) in [5, 5.41) is 3.35. The van der Waals surface area contributed by atoms with Crippen molar-refractivity contribution in [3.63, 3.8) is 0 Å². The Labute approximate surface area is 99.0 Å². The van der Waals surface area contributed by atoms with Gasteiger partial charge in [0.2, 0.25) is 5.91 Å². The monoisotopic (exact) mass is 227 g/mol. The second kappa shape index (κ2) is 6.86. The van der Waals surface area contributed by atoms with Crippen molar-refractivity contribution in [3.05, 3.63) is 0 Å². The molecule has 16 heavy (non-hydrogen) atoms. The van der Waals surface area contributed by atoms with Crippen LogP contribution in [0, 0.1) is 0 Å². The lowest BCUT2D eigenvalue weighted by molar-refractivity contribution is -0.127. The molecule has 0 spiro atoms. The maximum atomic E-state index is 11.4. The van der Waals surface area contributed by atoms with Gasteiger partial charge in [0.1, 0.15) is 0 Å². The average Bonchev–Trinajstić information content (AvgIpc) is 2.28. The molecule has 4 heteroatoms. The van der Waals surface area contributed by atoms with Gasteiger partial charge in [-0.1, -0.05) is 6.92 Å². The highest BCUT2D eigenvalue weighted by atomic mass is 16.2. The second-order valence-electron chi connectivity index (χ2n) is 4.78. The van der Waals surface area contributed by atoms with Crippen molar-refractivity contribution < 1.29 is 4.79 Å². The average molecular weight is 227 g/mol. The van der Waals surface area contributed by atoms with Gasteiger partial charge in [-0.3, -0.25) is 4.79 Å². The fraction of sp³-hybridized carbons (Fsp3) is 0.917. The molecule has 0 aromatic heterocycles. The summed E-state index contributed by atoms with van der Waals surface area (Å²) >= 11 is 0. The fourth-order valence-corrected chi connectivity index (χ4v) is 2.07. The number of carbonyl (C=O) groups is 1. The normalized spacial score (nSPS) is 18.7. The molecule has 1 heterocycles. The van der Waals surface area contributed by atoms with E-state index in [0.29, 0.717) is 12.6 Å². The number of piperidine rings is 1. The molecule has 0 aromatic carbocycles. The van der Waals surface area contributed by atoms with Crippen LogP contribution in [0.4, 0.5) is 0 Å². The van der Waals surface area contributed by atoms with E-state index in [-0.39, 0.29) is 5.91 Å². The van der Waals surface area contributed by atoms with Gasteiger partial charge in [-0.2, -0.15) is 0 Å². The minimum absolute atomic E-state index is 0.163. The predicted octanol–water partition coefficient (Wildman–Crippen LogP) is 0.539. The van der Waals surface area contributed by atoms with Crippen LogP contribution in [-0.2, 0) is 4.79 Å². The van der Waals surface area contributed by atoms with E-state index in [2.05, 4.69) is 17.1 Å². The van der Waals surface area contributed by atoms with Crippen molar-refractivity contribution in [1.82, 2.24) is 15.1 Å². The molecule has 0 unspecified atom stereocenters. The molecule has 1 rings (SSSR count). The molecule has 0 aliphatic carbocycles. The molecular weight excluding hydrogens is 202 g/mol. The lowest BCUT2D eigenvalue weighted by Gasteiger charge is -2.32. The van der Waals surface area contributed by atoms with Crippen LogP contribution in [0.2, 0.25) is 0 Å². The molecule has 1 amide bonds. The summed E-state index contributed by atoms with van der Waals surface area (Å²) in [6.45, 7) is 6.25. The maximum absolute atomic E-state index is 11.4. The third kappa shape index (κ3) is 4.49. The van der Waals surface area contributed by atoms with Crippen molar-refractivity contribution in [3.8, 4) is 0 Å². The van der Waals surface area contributed by atoms with Crippen LogP contribution in [0.1, 0.15) is 26.2 Å². The van der Waals surface area contributed by atoms with Gasteiger partial charge in [0, 0.05) is 20.1 Å². The number of hydrogen-bond acceptors (Lipinski definition) is 3. The Morgan fingerprint density at radius 1 is 1.38 bits per heavy atom. The van der Waals surface area contributed by atoms with Crippen LogP contribution >= 0.6 is 0 Å². The van der Waals surface area contributed by atoms with Gasteiger partial charge in [-0.25, -0.2) is 0 Å². The smallest absolute Gasteiger partial charge is 0.236 e. The molecule has 0 bridgehead atoms. The summed E-state index contributed by atoms with van der Waals surface area (Å²) in [5.41, 5.74) is 0.